The third-order valence-corrected chi connectivity index (χ3v) is 3.08. The second-order valence-corrected chi connectivity index (χ2v) is 4.68. The number of hydrogen-bond acceptors (Lipinski definition) is 7. The Morgan fingerprint density at radius 1 is 1.26 bits per heavy atom. The van der Waals surface area contributed by atoms with Crippen molar-refractivity contribution in [3.8, 4) is 11.5 Å². The maximum absolute atomic E-state index is 12.2. The second kappa shape index (κ2) is 6.22. The molecule has 8 nitrogen and oxygen atoms in total. The van der Waals surface area contributed by atoms with Crippen molar-refractivity contribution < 1.29 is 9.21 Å². The number of nitrogens with one attached hydrogen (secondary N) is 1. The number of rotatable bonds is 4. The van der Waals surface area contributed by atoms with Crippen molar-refractivity contribution >= 4 is 17.4 Å². The number of carbonyl (C=O) groups is 1. The van der Waals surface area contributed by atoms with Crippen LogP contribution < -0.4 is 11.1 Å². The van der Waals surface area contributed by atoms with Gasteiger partial charge < -0.3 is 15.5 Å². The molecule has 0 aliphatic rings. The molecule has 2 aromatic heterocycles. The summed E-state index contributed by atoms with van der Waals surface area (Å²) < 4.78 is 5.51. The molecule has 0 spiro atoms. The second-order valence-electron chi connectivity index (χ2n) is 4.68. The van der Waals surface area contributed by atoms with Crippen molar-refractivity contribution in [1.82, 2.24) is 20.2 Å². The number of carbonyl (C=O) groups excluding carboxylic acids is 1. The molecule has 0 aliphatic carbocycles. The third kappa shape index (κ3) is 3.15. The fourth-order valence-electron chi connectivity index (χ4n) is 1.96. The molecule has 3 rings (SSSR count). The van der Waals surface area contributed by atoms with Crippen LogP contribution in [0.5, 0.6) is 0 Å². The van der Waals surface area contributed by atoms with Crippen molar-refractivity contribution in [2.45, 2.75) is 13.3 Å². The number of anilines is 2. The molecule has 0 unspecified atom stereocenters. The number of amides is 1. The highest BCUT2D eigenvalue weighted by Crippen LogP contribution is 2.22. The first kappa shape index (κ1) is 14.6. The summed E-state index contributed by atoms with van der Waals surface area (Å²) in [5.41, 5.74) is 6.99. The minimum Gasteiger partial charge on any atom is -0.421 e. The van der Waals surface area contributed by atoms with E-state index < -0.39 is 5.91 Å². The average Bonchev–Trinajstić information content (AvgIpc) is 3.04. The van der Waals surface area contributed by atoms with Gasteiger partial charge in [0.1, 0.15) is 0 Å². The maximum Gasteiger partial charge on any atom is 0.278 e. The summed E-state index contributed by atoms with van der Waals surface area (Å²) in [5.74, 6) is 0.594. The maximum atomic E-state index is 12.2. The number of aryl methyl sites for hydroxylation is 1. The van der Waals surface area contributed by atoms with E-state index in [0.29, 0.717) is 29.5 Å². The van der Waals surface area contributed by atoms with Gasteiger partial charge in [-0.15, -0.1) is 10.2 Å². The van der Waals surface area contributed by atoms with Crippen LogP contribution in [0.2, 0.25) is 0 Å². The van der Waals surface area contributed by atoms with E-state index in [1.807, 2.05) is 13.0 Å². The van der Waals surface area contributed by atoms with E-state index in [-0.39, 0.29) is 11.5 Å². The van der Waals surface area contributed by atoms with E-state index in [1.54, 1.807) is 18.2 Å². The number of nitrogen functional groups attached to an aromatic ring is 1. The predicted octanol–water partition coefficient (Wildman–Crippen LogP) is 1.92. The lowest BCUT2D eigenvalue weighted by Gasteiger charge is -2.06. The van der Waals surface area contributed by atoms with Gasteiger partial charge in [0.15, 0.2) is 11.5 Å². The number of hydrogen-bond donors (Lipinski definition) is 2. The van der Waals surface area contributed by atoms with Crippen LogP contribution in [0.15, 0.2) is 41.1 Å². The summed E-state index contributed by atoms with van der Waals surface area (Å²) in [6.45, 7) is 1.93. The van der Waals surface area contributed by atoms with E-state index in [2.05, 4.69) is 25.5 Å². The van der Waals surface area contributed by atoms with Gasteiger partial charge in [0.05, 0.1) is 0 Å². The van der Waals surface area contributed by atoms with Gasteiger partial charge in [-0.3, -0.25) is 4.79 Å². The molecule has 0 aliphatic heterocycles. The molecule has 3 aromatic rings. The van der Waals surface area contributed by atoms with E-state index in [0.717, 1.165) is 0 Å². The Morgan fingerprint density at radius 3 is 2.83 bits per heavy atom. The van der Waals surface area contributed by atoms with Crippen molar-refractivity contribution in [1.29, 1.82) is 0 Å². The van der Waals surface area contributed by atoms with Gasteiger partial charge in [0, 0.05) is 30.1 Å². The summed E-state index contributed by atoms with van der Waals surface area (Å²) in [7, 11) is 0. The van der Waals surface area contributed by atoms with Crippen LogP contribution in [0.25, 0.3) is 11.5 Å². The number of aromatic nitrogens is 4. The smallest absolute Gasteiger partial charge is 0.278 e. The molecule has 0 saturated heterocycles. The van der Waals surface area contributed by atoms with Crippen molar-refractivity contribution in [2.24, 2.45) is 0 Å². The highest BCUT2D eigenvalue weighted by Gasteiger charge is 2.13. The van der Waals surface area contributed by atoms with Gasteiger partial charge in [-0.1, -0.05) is 13.0 Å². The van der Waals surface area contributed by atoms with Gasteiger partial charge in [-0.25, -0.2) is 9.97 Å². The molecule has 1 amide bonds. The van der Waals surface area contributed by atoms with Crippen LogP contribution in [0.3, 0.4) is 0 Å². The number of benzene rings is 1. The Balaban J connectivity index is 1.83. The Morgan fingerprint density at radius 2 is 2.09 bits per heavy atom. The van der Waals surface area contributed by atoms with E-state index in [9.17, 15) is 4.79 Å². The summed E-state index contributed by atoms with van der Waals surface area (Å²) in [5, 5.41) is 10.6. The van der Waals surface area contributed by atoms with E-state index >= 15 is 0 Å². The molecular formula is C15H14N6O2. The van der Waals surface area contributed by atoms with Gasteiger partial charge in [0.2, 0.25) is 11.8 Å². The highest BCUT2D eigenvalue weighted by atomic mass is 16.4. The molecule has 2 heterocycles. The first-order valence-electron chi connectivity index (χ1n) is 6.98. The van der Waals surface area contributed by atoms with Crippen LogP contribution in [-0.2, 0) is 6.42 Å². The van der Waals surface area contributed by atoms with Crippen LogP contribution in [0.1, 0.15) is 23.3 Å². The van der Waals surface area contributed by atoms with Crippen molar-refractivity contribution in [3.05, 3.63) is 48.2 Å². The zero-order valence-corrected chi connectivity index (χ0v) is 12.4. The topological polar surface area (TPSA) is 120 Å². The highest BCUT2D eigenvalue weighted by molar-refractivity contribution is 6.05. The normalized spacial score (nSPS) is 10.5. The van der Waals surface area contributed by atoms with Crippen LogP contribution in [-0.4, -0.2) is 26.1 Å². The van der Waals surface area contributed by atoms with Crippen molar-refractivity contribution in [2.75, 3.05) is 11.1 Å². The third-order valence-electron chi connectivity index (χ3n) is 3.08. The van der Waals surface area contributed by atoms with E-state index in [4.69, 9.17) is 10.2 Å². The minimum atomic E-state index is -0.437. The number of nitrogens with two attached hydrogens (primary N) is 1. The van der Waals surface area contributed by atoms with Crippen molar-refractivity contribution in [3.63, 3.8) is 0 Å². The Labute approximate surface area is 131 Å². The number of nitrogens with zero attached hydrogens (tertiary/aromatic N) is 4. The first-order valence-corrected chi connectivity index (χ1v) is 6.98. The lowest BCUT2D eigenvalue weighted by atomic mass is 10.2. The molecular weight excluding hydrogens is 296 g/mol. The minimum absolute atomic E-state index is 0.0731. The SMILES string of the molecule is CCc1nnc(-c2cccc(NC(=O)c3nccnc3N)c2)o1. The summed E-state index contributed by atoms with van der Waals surface area (Å²) in [4.78, 5) is 20.0. The van der Waals surface area contributed by atoms with E-state index in [1.165, 1.54) is 12.4 Å². The lowest BCUT2D eigenvalue weighted by Crippen LogP contribution is -2.16. The van der Waals surface area contributed by atoms with Gasteiger partial charge in [0.25, 0.3) is 5.91 Å². The molecule has 8 heteroatoms. The van der Waals surface area contributed by atoms with Crippen LogP contribution >= 0.6 is 0 Å². The Hall–Kier alpha value is -3.29. The average molecular weight is 310 g/mol. The first-order chi connectivity index (χ1) is 11.2. The molecule has 116 valence electrons. The molecule has 1 aromatic carbocycles. The molecule has 0 atom stereocenters. The van der Waals surface area contributed by atoms with Crippen LogP contribution in [0, 0.1) is 0 Å². The zero-order valence-electron chi connectivity index (χ0n) is 12.4. The van der Waals surface area contributed by atoms with Gasteiger partial charge in [-0.2, -0.15) is 0 Å². The quantitative estimate of drug-likeness (QED) is 0.755. The summed E-state index contributed by atoms with van der Waals surface area (Å²) in [6.07, 6.45) is 3.50. The molecule has 23 heavy (non-hydrogen) atoms. The Kier molecular flexibility index (Phi) is 3.96. The fraction of sp³-hybridized carbons (Fsp3) is 0.133. The lowest BCUT2D eigenvalue weighted by molar-refractivity contribution is 0.102. The zero-order chi connectivity index (χ0) is 16.2. The van der Waals surface area contributed by atoms with Crippen LogP contribution in [0.4, 0.5) is 11.5 Å². The Bertz CT molecular complexity index is 845. The van der Waals surface area contributed by atoms with Gasteiger partial charge in [-0.05, 0) is 18.2 Å². The molecule has 0 bridgehead atoms. The van der Waals surface area contributed by atoms with Gasteiger partial charge >= 0.3 is 0 Å². The summed E-state index contributed by atoms with van der Waals surface area (Å²) >= 11 is 0. The standard InChI is InChI=1S/C15H14N6O2/c1-2-11-20-21-15(23-11)9-4-3-5-10(8-9)19-14(22)12-13(16)18-7-6-17-12/h3-8H,2H2,1H3,(H2,16,18)(H,19,22). The molecule has 0 saturated carbocycles. The fourth-order valence-corrected chi connectivity index (χ4v) is 1.96. The monoisotopic (exact) mass is 310 g/mol. The summed E-state index contributed by atoms with van der Waals surface area (Å²) in [6, 6.07) is 7.07. The molecule has 3 N–H and O–H groups in total. The molecule has 0 fully saturated rings. The predicted molar refractivity (Wildman–Crippen MR) is 83.5 cm³/mol. The molecule has 0 radical (unpaired) electrons. The largest absolute Gasteiger partial charge is 0.421 e.